The summed E-state index contributed by atoms with van der Waals surface area (Å²) in [6.45, 7) is 1.79. The van der Waals surface area contributed by atoms with Crippen molar-refractivity contribution in [3.8, 4) is 0 Å². The molecular weight excluding hydrogens is 368 g/mol. The first kappa shape index (κ1) is 16.5. The van der Waals surface area contributed by atoms with Crippen LogP contribution < -0.4 is 5.32 Å². The monoisotopic (exact) mass is 380 g/mol. The highest BCUT2D eigenvalue weighted by molar-refractivity contribution is 9.10. The molecule has 0 aliphatic carbocycles. The molecule has 5 nitrogen and oxygen atoms in total. The van der Waals surface area contributed by atoms with Gasteiger partial charge in [0.05, 0.1) is 16.4 Å². The Morgan fingerprint density at radius 1 is 1.27 bits per heavy atom. The van der Waals surface area contributed by atoms with Crippen LogP contribution in [0.25, 0.3) is 0 Å². The van der Waals surface area contributed by atoms with E-state index < -0.39 is 4.92 Å². The Kier molecular flexibility index (Phi) is 5.57. The minimum atomic E-state index is -0.480. The molecule has 114 valence electrons. The van der Waals surface area contributed by atoms with Crippen LogP contribution in [0.3, 0.4) is 0 Å². The second-order valence-corrected chi connectivity index (χ2v) is 6.51. The van der Waals surface area contributed by atoms with Crippen molar-refractivity contribution in [3.05, 3.63) is 62.6 Å². The van der Waals surface area contributed by atoms with Crippen molar-refractivity contribution in [3.63, 3.8) is 0 Å². The molecule has 0 aliphatic rings. The van der Waals surface area contributed by atoms with Crippen LogP contribution in [-0.2, 0) is 4.79 Å². The lowest BCUT2D eigenvalue weighted by molar-refractivity contribution is -0.384. The number of nitrogens with one attached hydrogen (secondary N) is 1. The number of amides is 1. The van der Waals surface area contributed by atoms with Gasteiger partial charge in [-0.2, -0.15) is 0 Å². The average Bonchev–Trinajstić information content (AvgIpc) is 2.48. The van der Waals surface area contributed by atoms with Gasteiger partial charge in [-0.15, -0.1) is 11.8 Å². The number of carbonyl (C=O) groups is 1. The minimum absolute atomic E-state index is 0.0403. The molecule has 0 aliphatic heterocycles. The van der Waals surface area contributed by atoms with Crippen LogP contribution in [0.2, 0.25) is 0 Å². The van der Waals surface area contributed by atoms with Crippen molar-refractivity contribution in [1.82, 2.24) is 0 Å². The summed E-state index contributed by atoms with van der Waals surface area (Å²) in [5, 5.41) is 13.5. The highest BCUT2D eigenvalue weighted by Gasteiger charge is 2.11. The van der Waals surface area contributed by atoms with Crippen molar-refractivity contribution in [1.29, 1.82) is 0 Å². The first-order valence-corrected chi connectivity index (χ1v) is 8.17. The highest BCUT2D eigenvalue weighted by atomic mass is 79.9. The van der Waals surface area contributed by atoms with E-state index in [1.807, 2.05) is 24.3 Å². The summed E-state index contributed by atoms with van der Waals surface area (Å²) in [7, 11) is 0. The van der Waals surface area contributed by atoms with Crippen molar-refractivity contribution >= 4 is 45.0 Å². The lowest BCUT2D eigenvalue weighted by Crippen LogP contribution is -2.15. The number of hydrogen-bond donors (Lipinski definition) is 1. The van der Waals surface area contributed by atoms with E-state index in [-0.39, 0.29) is 17.3 Å². The van der Waals surface area contributed by atoms with Gasteiger partial charge >= 0.3 is 0 Å². The number of aryl methyl sites for hydroxylation is 1. The van der Waals surface area contributed by atoms with Crippen molar-refractivity contribution in [2.75, 3.05) is 11.1 Å². The maximum Gasteiger partial charge on any atom is 0.271 e. The maximum atomic E-state index is 12.0. The smallest absolute Gasteiger partial charge is 0.271 e. The molecule has 1 amide bonds. The lowest BCUT2D eigenvalue weighted by Gasteiger charge is -2.08. The Morgan fingerprint density at radius 2 is 1.95 bits per heavy atom. The predicted octanol–water partition coefficient (Wildman–Crippen LogP) is 4.40. The summed E-state index contributed by atoms with van der Waals surface area (Å²) in [5.41, 5.74) is 1.21. The minimum Gasteiger partial charge on any atom is -0.325 e. The van der Waals surface area contributed by atoms with Crippen LogP contribution in [0.1, 0.15) is 5.56 Å². The molecular formula is C15H13BrN2O3S. The number of benzene rings is 2. The average molecular weight is 381 g/mol. The number of non-ortho nitro benzene ring substituents is 1. The van der Waals surface area contributed by atoms with E-state index >= 15 is 0 Å². The fourth-order valence-corrected chi connectivity index (χ4v) is 2.69. The van der Waals surface area contributed by atoms with E-state index in [1.165, 1.54) is 23.9 Å². The summed E-state index contributed by atoms with van der Waals surface area (Å²) in [6, 6.07) is 12.1. The second-order valence-electron chi connectivity index (χ2n) is 4.55. The van der Waals surface area contributed by atoms with Crippen molar-refractivity contribution < 1.29 is 9.72 Å². The van der Waals surface area contributed by atoms with Gasteiger partial charge in [0.15, 0.2) is 0 Å². The first-order chi connectivity index (χ1) is 10.5. The summed E-state index contributed by atoms with van der Waals surface area (Å²) in [6.07, 6.45) is 0. The number of carbonyl (C=O) groups excluding carboxylic acids is 1. The third kappa shape index (κ3) is 4.57. The van der Waals surface area contributed by atoms with Gasteiger partial charge in [0.2, 0.25) is 5.91 Å². The number of anilines is 1. The molecule has 22 heavy (non-hydrogen) atoms. The summed E-state index contributed by atoms with van der Waals surface area (Å²) in [4.78, 5) is 23.2. The van der Waals surface area contributed by atoms with Gasteiger partial charge in [-0.05, 0) is 36.8 Å². The highest BCUT2D eigenvalue weighted by Crippen LogP contribution is 2.23. The van der Waals surface area contributed by atoms with E-state index in [9.17, 15) is 14.9 Å². The number of nitro benzene ring substituents is 1. The van der Waals surface area contributed by atoms with E-state index in [1.54, 1.807) is 13.0 Å². The molecule has 2 aromatic carbocycles. The van der Waals surface area contributed by atoms with Gasteiger partial charge in [-0.3, -0.25) is 14.9 Å². The molecule has 0 bridgehead atoms. The van der Waals surface area contributed by atoms with Gasteiger partial charge in [-0.1, -0.05) is 22.0 Å². The van der Waals surface area contributed by atoms with Gasteiger partial charge in [0, 0.05) is 21.5 Å². The van der Waals surface area contributed by atoms with E-state index in [0.29, 0.717) is 5.69 Å². The largest absolute Gasteiger partial charge is 0.325 e. The zero-order chi connectivity index (χ0) is 16.1. The van der Waals surface area contributed by atoms with Crippen LogP contribution in [0, 0.1) is 17.0 Å². The van der Waals surface area contributed by atoms with Gasteiger partial charge in [0.25, 0.3) is 5.69 Å². The fraction of sp³-hybridized carbons (Fsp3) is 0.133. The third-order valence-corrected chi connectivity index (χ3v) is 4.43. The molecule has 0 spiro atoms. The summed E-state index contributed by atoms with van der Waals surface area (Å²) >= 11 is 4.76. The molecule has 0 atom stereocenters. The van der Waals surface area contributed by atoms with E-state index in [2.05, 4.69) is 21.2 Å². The Morgan fingerprint density at radius 3 is 2.59 bits per heavy atom. The zero-order valence-electron chi connectivity index (χ0n) is 11.7. The Labute approximate surface area is 140 Å². The second kappa shape index (κ2) is 7.42. The predicted molar refractivity (Wildman–Crippen MR) is 91.3 cm³/mol. The Bertz CT molecular complexity index is 704. The molecule has 0 heterocycles. The number of thioether (sulfide) groups is 1. The number of nitrogens with zero attached hydrogens (tertiary/aromatic N) is 1. The van der Waals surface area contributed by atoms with Crippen LogP contribution in [0.4, 0.5) is 11.4 Å². The van der Waals surface area contributed by atoms with Gasteiger partial charge in [0.1, 0.15) is 0 Å². The van der Waals surface area contributed by atoms with Crippen molar-refractivity contribution in [2.45, 2.75) is 11.8 Å². The topological polar surface area (TPSA) is 72.2 Å². The molecule has 2 aromatic rings. The number of rotatable bonds is 5. The zero-order valence-corrected chi connectivity index (χ0v) is 14.1. The summed E-state index contributed by atoms with van der Waals surface area (Å²) < 4.78 is 0.980. The molecule has 0 aromatic heterocycles. The molecule has 1 N–H and O–H groups in total. The van der Waals surface area contributed by atoms with Crippen LogP contribution >= 0.6 is 27.7 Å². The van der Waals surface area contributed by atoms with E-state index in [0.717, 1.165) is 14.9 Å². The molecule has 0 unspecified atom stereocenters. The Hall–Kier alpha value is -1.86. The van der Waals surface area contributed by atoms with Crippen LogP contribution in [0.15, 0.2) is 51.8 Å². The normalized spacial score (nSPS) is 10.3. The van der Waals surface area contributed by atoms with Crippen LogP contribution in [0.5, 0.6) is 0 Å². The molecule has 0 fully saturated rings. The molecule has 0 radical (unpaired) electrons. The van der Waals surface area contributed by atoms with E-state index in [4.69, 9.17) is 0 Å². The molecule has 0 saturated carbocycles. The lowest BCUT2D eigenvalue weighted by atomic mass is 10.2. The molecule has 2 rings (SSSR count). The number of hydrogen-bond acceptors (Lipinski definition) is 4. The summed E-state index contributed by atoms with van der Waals surface area (Å²) in [5.74, 6) is 0.0422. The van der Waals surface area contributed by atoms with Crippen LogP contribution in [-0.4, -0.2) is 16.6 Å². The maximum absolute atomic E-state index is 12.0. The molecule has 0 saturated heterocycles. The quantitative estimate of drug-likeness (QED) is 0.474. The van der Waals surface area contributed by atoms with Gasteiger partial charge < -0.3 is 5.32 Å². The standard InChI is InChI=1S/C15H13BrN2O3S/c1-10-2-5-12(18(20)21)8-14(10)17-15(19)9-22-13-6-3-11(16)4-7-13/h2-8H,9H2,1H3,(H,17,19). The number of halogens is 1. The SMILES string of the molecule is Cc1ccc([N+](=O)[O-])cc1NC(=O)CSc1ccc(Br)cc1. The number of nitro groups is 1. The third-order valence-electron chi connectivity index (χ3n) is 2.89. The van der Waals surface area contributed by atoms with Crippen molar-refractivity contribution in [2.24, 2.45) is 0 Å². The Balaban J connectivity index is 1.98. The first-order valence-electron chi connectivity index (χ1n) is 6.39. The molecule has 7 heteroatoms. The fourth-order valence-electron chi connectivity index (χ4n) is 1.72. The van der Waals surface area contributed by atoms with Gasteiger partial charge in [-0.25, -0.2) is 0 Å².